The van der Waals surface area contributed by atoms with Crippen LogP contribution in [0.3, 0.4) is 0 Å². The van der Waals surface area contributed by atoms with Crippen molar-refractivity contribution in [1.29, 1.82) is 0 Å². The third kappa shape index (κ3) is 24.1. The van der Waals surface area contributed by atoms with E-state index in [4.69, 9.17) is 4.74 Å². The Labute approximate surface area is 553 Å². The summed E-state index contributed by atoms with van der Waals surface area (Å²) in [5.74, 6) is -10.6. The molecule has 2 fully saturated rings. The summed E-state index contributed by atoms with van der Waals surface area (Å²) in [6.45, 7) is 32.6. The Hall–Kier alpha value is -5.35. The molecule has 2 rings (SSSR count). The smallest absolute Gasteiger partial charge is 0.246 e. The van der Waals surface area contributed by atoms with E-state index in [0.717, 1.165) is 38.9 Å². The number of ether oxygens (including phenoxy) is 1. The van der Waals surface area contributed by atoms with Crippen molar-refractivity contribution < 1.29 is 62.6 Å². The van der Waals surface area contributed by atoms with Crippen molar-refractivity contribution >= 4 is 64.6 Å². The van der Waals surface area contributed by atoms with E-state index < -0.39 is 144 Å². The highest BCUT2D eigenvalue weighted by Crippen LogP contribution is 2.30. The van der Waals surface area contributed by atoms with Crippen LogP contribution in [0.25, 0.3) is 0 Å². The molecule has 0 aromatic rings. The van der Waals surface area contributed by atoms with Gasteiger partial charge >= 0.3 is 0 Å². The summed E-state index contributed by atoms with van der Waals surface area (Å²) >= 11 is 0. The van der Waals surface area contributed by atoms with Gasteiger partial charge in [0, 0.05) is 99.4 Å². The van der Waals surface area contributed by atoms with Gasteiger partial charge in [-0.15, -0.1) is 0 Å². The van der Waals surface area contributed by atoms with Crippen molar-refractivity contribution in [2.75, 3.05) is 88.7 Å². The van der Waals surface area contributed by atoms with E-state index in [2.05, 4.69) is 10.2 Å². The fraction of sp³-hybridized carbons (Fsp3) is 0.843. The molecule has 22 nitrogen and oxygen atoms in total. The second kappa shape index (κ2) is 38.9. The molecule has 12 atom stereocenters. The van der Waals surface area contributed by atoms with Gasteiger partial charge in [0.15, 0.2) is 17.3 Å². The lowest BCUT2D eigenvalue weighted by molar-refractivity contribution is -0.157. The number of Topliss-reactive ketones (excluding diaryl/α,β-unsaturated/α-hetero) is 3. The molecule has 0 bridgehead atoms. The normalized spacial score (nSPS) is 27.2. The standard InChI is InChI=1S/C70H125N9O13/c1-24-51-39-59(82)62(63(84)48(14)28-26-25-27-29-79-30-32-92-33-31-79)78(23)70(91)61(47(12)13)77(22)69(90)56(37-45(8)9)76(21)68(89)55(36-44(6)7)75(20)65(86)50(16)71-64(85)49(15)38-57(80)54(35-43(4)5)74(19)67(88)52(46(10)11)40-58(81)53(34-42(2)3)73(18)60(83)41-72(17)66(51)87/h42-56,61-63,84H,24-41H2,1-23H3,(H,71,85)/t48-,49+,50+,51+,52-,53+,54-,55-,56-,61-,62+,63-/m1/s1. The van der Waals surface area contributed by atoms with E-state index >= 15 is 19.2 Å². The molecule has 8 amide bonds. The van der Waals surface area contributed by atoms with Crippen molar-refractivity contribution in [2.45, 2.75) is 236 Å². The molecule has 0 aliphatic carbocycles. The van der Waals surface area contributed by atoms with Gasteiger partial charge < -0.3 is 49.5 Å². The molecule has 528 valence electrons. The van der Waals surface area contributed by atoms with Gasteiger partial charge in [-0.1, -0.05) is 117 Å². The van der Waals surface area contributed by atoms with Crippen LogP contribution in [-0.2, 0) is 57.5 Å². The fourth-order valence-corrected chi connectivity index (χ4v) is 13.0. The van der Waals surface area contributed by atoms with Crippen molar-refractivity contribution in [1.82, 2.24) is 44.5 Å². The van der Waals surface area contributed by atoms with Crippen molar-refractivity contribution in [3.8, 4) is 0 Å². The molecule has 2 aliphatic rings. The van der Waals surface area contributed by atoms with Crippen LogP contribution >= 0.6 is 0 Å². The van der Waals surface area contributed by atoms with Gasteiger partial charge in [0.05, 0.1) is 37.9 Å². The quantitative estimate of drug-likeness (QED) is 0.132. The number of nitrogens with zero attached hydrogens (tertiary/aromatic N) is 8. The zero-order valence-electron chi connectivity index (χ0n) is 61.0. The van der Waals surface area contributed by atoms with Crippen LogP contribution < -0.4 is 5.32 Å². The lowest BCUT2D eigenvalue weighted by Gasteiger charge is -2.41. The average Bonchev–Trinajstić information content (AvgIpc) is 0.820. The Balaban J connectivity index is 2.93. The SMILES string of the molecule is CC[C@H]1CC(=O)[C@@H]([C@H](O)[C@H](C)CCCCCN2CCOCC2)N(C)C(=O)[C@@H](C(C)C)N(C)C(=O)[C@@H](CC(C)C)N(C)C(=O)[C@@H](CC(C)C)N(C)C(=O)[C@H](C)NC(=O)[C@@H](C)CC(=O)[C@@H](CC(C)C)N(C)C(=O)[C@@H](C(C)C)CC(=O)[C@H](CC(C)C)N(C)C(=O)CN(C)C1=O. The van der Waals surface area contributed by atoms with Gasteiger partial charge in [0.1, 0.15) is 30.2 Å². The van der Waals surface area contributed by atoms with E-state index in [0.29, 0.717) is 19.6 Å². The molecular formula is C70H125N9O13. The molecule has 2 aliphatic heterocycles. The third-order valence-corrected chi connectivity index (χ3v) is 19.1. The topological polar surface area (TPSA) is 255 Å². The first-order valence-corrected chi connectivity index (χ1v) is 34.4. The number of rotatable bonds is 19. The largest absolute Gasteiger partial charge is 0.390 e. The highest BCUT2D eigenvalue weighted by molar-refractivity contribution is 5.99. The number of amides is 8. The van der Waals surface area contributed by atoms with Gasteiger partial charge in [-0.2, -0.15) is 0 Å². The van der Waals surface area contributed by atoms with Crippen LogP contribution in [0, 0.1) is 59.2 Å². The monoisotopic (exact) mass is 1300 g/mol. The first kappa shape index (κ1) is 82.7. The van der Waals surface area contributed by atoms with Crippen LogP contribution in [0.2, 0.25) is 0 Å². The van der Waals surface area contributed by atoms with Crippen molar-refractivity contribution in [3.05, 3.63) is 0 Å². The molecule has 0 aromatic carbocycles. The number of morpholine rings is 1. The average molecular weight is 1300 g/mol. The van der Waals surface area contributed by atoms with Crippen LogP contribution in [0.4, 0.5) is 0 Å². The predicted octanol–water partition coefficient (Wildman–Crippen LogP) is 6.47. The number of hydrogen-bond donors (Lipinski definition) is 2. The molecule has 22 heteroatoms. The molecular weight excluding hydrogens is 1170 g/mol. The van der Waals surface area contributed by atoms with Gasteiger partial charge in [-0.05, 0) is 99.8 Å². The first-order chi connectivity index (χ1) is 42.7. The Kier molecular flexibility index (Phi) is 35.0. The maximum absolute atomic E-state index is 15.4. The Morgan fingerprint density at radius 2 is 0.946 bits per heavy atom. The minimum Gasteiger partial charge on any atom is -0.390 e. The maximum atomic E-state index is 15.4. The maximum Gasteiger partial charge on any atom is 0.246 e. The van der Waals surface area contributed by atoms with E-state index in [1.165, 1.54) is 90.6 Å². The molecule has 92 heavy (non-hydrogen) atoms. The van der Waals surface area contributed by atoms with Gasteiger partial charge in [0.2, 0.25) is 47.3 Å². The number of carbonyl (C=O) groups is 11. The minimum absolute atomic E-state index is 0.0667. The van der Waals surface area contributed by atoms with Gasteiger partial charge in [-0.3, -0.25) is 57.6 Å². The number of aliphatic hydroxyl groups excluding tert-OH is 1. The Bertz CT molecular complexity index is 2450. The summed E-state index contributed by atoms with van der Waals surface area (Å²) in [5, 5.41) is 15.2. The second-order valence-corrected chi connectivity index (χ2v) is 29.5. The Morgan fingerprint density at radius 1 is 0.489 bits per heavy atom. The lowest BCUT2D eigenvalue weighted by Crippen LogP contribution is -2.61. The number of nitrogens with one attached hydrogen (secondary N) is 1. The van der Waals surface area contributed by atoms with Crippen molar-refractivity contribution in [2.24, 2.45) is 59.2 Å². The molecule has 0 radical (unpaired) electrons. The van der Waals surface area contributed by atoms with Crippen LogP contribution in [0.15, 0.2) is 0 Å². The van der Waals surface area contributed by atoms with Crippen LogP contribution in [-0.4, -0.2) is 246 Å². The Morgan fingerprint density at radius 3 is 1.43 bits per heavy atom. The molecule has 0 spiro atoms. The first-order valence-electron chi connectivity index (χ1n) is 34.4. The summed E-state index contributed by atoms with van der Waals surface area (Å²) in [4.78, 5) is 174. The summed E-state index contributed by atoms with van der Waals surface area (Å²) in [6.07, 6.45) is 1.68. The number of carbonyl (C=O) groups excluding carboxylic acids is 11. The summed E-state index contributed by atoms with van der Waals surface area (Å²) in [5.41, 5.74) is 0. The van der Waals surface area contributed by atoms with E-state index in [-0.39, 0.29) is 86.1 Å². The van der Waals surface area contributed by atoms with E-state index in [1.54, 1.807) is 27.7 Å². The molecule has 0 saturated carbocycles. The second-order valence-electron chi connectivity index (χ2n) is 29.5. The number of aliphatic hydroxyl groups is 1. The lowest BCUT2D eigenvalue weighted by atomic mass is 9.84. The molecule has 2 heterocycles. The van der Waals surface area contributed by atoms with Crippen LogP contribution in [0.1, 0.15) is 188 Å². The molecule has 2 N–H and O–H groups in total. The molecule has 0 aromatic heterocycles. The van der Waals surface area contributed by atoms with Gasteiger partial charge in [-0.25, -0.2) is 0 Å². The van der Waals surface area contributed by atoms with Gasteiger partial charge in [0.25, 0.3) is 0 Å². The summed E-state index contributed by atoms with van der Waals surface area (Å²) in [6, 6.07) is -8.09. The molecule has 2 saturated heterocycles. The van der Waals surface area contributed by atoms with Crippen molar-refractivity contribution in [3.63, 3.8) is 0 Å². The summed E-state index contributed by atoms with van der Waals surface area (Å²) in [7, 11) is 10.3. The predicted molar refractivity (Wildman–Crippen MR) is 358 cm³/mol. The zero-order valence-corrected chi connectivity index (χ0v) is 61.0. The fourth-order valence-electron chi connectivity index (χ4n) is 13.0. The highest BCUT2D eigenvalue weighted by Gasteiger charge is 2.46. The number of unbranched alkanes of at least 4 members (excludes halogenated alkanes) is 2. The zero-order chi connectivity index (χ0) is 70.5. The molecule has 0 unspecified atom stereocenters. The van der Waals surface area contributed by atoms with E-state index in [1.807, 2.05) is 76.2 Å². The third-order valence-electron chi connectivity index (χ3n) is 19.1. The number of likely N-dealkylation sites (N-methyl/N-ethyl adjacent to an activating group) is 7. The van der Waals surface area contributed by atoms with E-state index in [9.17, 15) is 38.7 Å². The number of hydrogen-bond acceptors (Lipinski definition) is 14. The summed E-state index contributed by atoms with van der Waals surface area (Å²) < 4.78 is 5.51. The highest BCUT2D eigenvalue weighted by atomic mass is 16.5. The van der Waals surface area contributed by atoms with Crippen LogP contribution in [0.5, 0.6) is 0 Å². The minimum atomic E-state index is -1.48. The number of ketones is 3.